The van der Waals surface area contributed by atoms with Gasteiger partial charge in [-0.25, -0.2) is 13.4 Å². The third-order valence-electron chi connectivity index (χ3n) is 3.72. The quantitative estimate of drug-likeness (QED) is 0.532. The van der Waals surface area contributed by atoms with E-state index in [-0.39, 0.29) is 35.5 Å². The molecule has 0 atom stereocenters. The van der Waals surface area contributed by atoms with Crippen LogP contribution in [0.5, 0.6) is 11.6 Å². The summed E-state index contributed by atoms with van der Waals surface area (Å²) >= 11 is 0. The number of nitrogens with zero attached hydrogens (tertiary/aromatic N) is 2. The maximum Gasteiger partial charge on any atom is 0.416 e. The predicted molar refractivity (Wildman–Crippen MR) is 95.8 cm³/mol. The number of sulfonamides is 1. The van der Waals surface area contributed by atoms with E-state index in [2.05, 4.69) is 9.97 Å². The lowest BCUT2D eigenvalue weighted by Gasteiger charge is -2.15. The molecule has 1 aromatic heterocycles. The molecular weight excluding hydrogens is 452 g/mol. The van der Waals surface area contributed by atoms with Crippen molar-refractivity contribution in [2.45, 2.75) is 17.2 Å². The van der Waals surface area contributed by atoms with Gasteiger partial charge in [-0.05, 0) is 30.3 Å². The van der Waals surface area contributed by atoms with Crippen LogP contribution in [0.15, 0.2) is 66.0 Å². The van der Waals surface area contributed by atoms with E-state index >= 15 is 0 Å². The Morgan fingerprint density at radius 2 is 1.52 bits per heavy atom. The van der Waals surface area contributed by atoms with Gasteiger partial charge >= 0.3 is 12.4 Å². The number of hydrogen-bond donors (Lipinski definition) is 1. The van der Waals surface area contributed by atoms with E-state index in [0.29, 0.717) is 0 Å². The minimum absolute atomic E-state index is 0.0789. The fourth-order valence-electron chi connectivity index (χ4n) is 2.38. The van der Waals surface area contributed by atoms with Gasteiger partial charge in [0.25, 0.3) is 10.0 Å². The van der Waals surface area contributed by atoms with Crippen molar-refractivity contribution in [2.24, 2.45) is 0 Å². The summed E-state index contributed by atoms with van der Waals surface area (Å²) < 4.78 is 110. The second-order valence-corrected chi connectivity index (χ2v) is 7.70. The molecule has 13 heteroatoms. The van der Waals surface area contributed by atoms with E-state index in [0.717, 1.165) is 0 Å². The first-order chi connectivity index (χ1) is 14.3. The van der Waals surface area contributed by atoms with Crippen molar-refractivity contribution in [1.29, 1.82) is 0 Å². The molecule has 0 aliphatic carbocycles. The van der Waals surface area contributed by atoms with Crippen LogP contribution in [0.25, 0.3) is 0 Å². The molecule has 0 amide bonds. The zero-order valence-corrected chi connectivity index (χ0v) is 15.9. The van der Waals surface area contributed by atoms with E-state index in [1.165, 1.54) is 42.9 Å². The number of halogens is 6. The van der Waals surface area contributed by atoms with Crippen molar-refractivity contribution in [3.63, 3.8) is 0 Å². The van der Waals surface area contributed by atoms with Crippen molar-refractivity contribution in [1.82, 2.24) is 9.97 Å². The van der Waals surface area contributed by atoms with Crippen molar-refractivity contribution >= 4 is 15.7 Å². The average molecular weight is 463 g/mol. The number of anilines is 1. The number of alkyl halides is 6. The third kappa shape index (κ3) is 5.63. The number of rotatable bonds is 5. The molecule has 1 N–H and O–H groups in total. The lowest BCUT2D eigenvalue weighted by molar-refractivity contribution is -0.143. The molecule has 0 aliphatic heterocycles. The van der Waals surface area contributed by atoms with Crippen LogP contribution in [-0.2, 0) is 22.4 Å². The minimum atomic E-state index is -5.18. The standard InChI is InChI=1S/C18H11F6N3O3S/c19-17(20,21)11-6-12(18(22,23)24)8-15(7-11)31(28,29)27-13-2-1-3-14(9-13)30-16-10-25-4-5-26-16/h1-10,27H. The van der Waals surface area contributed by atoms with Crippen LogP contribution in [0.3, 0.4) is 0 Å². The molecule has 0 spiro atoms. The number of aromatic nitrogens is 2. The highest BCUT2D eigenvalue weighted by Gasteiger charge is 2.38. The van der Waals surface area contributed by atoms with Gasteiger partial charge < -0.3 is 4.74 Å². The summed E-state index contributed by atoms with van der Waals surface area (Å²) in [6.07, 6.45) is -6.36. The Morgan fingerprint density at radius 3 is 2.06 bits per heavy atom. The summed E-state index contributed by atoms with van der Waals surface area (Å²) in [6.45, 7) is 0. The minimum Gasteiger partial charge on any atom is -0.437 e. The fraction of sp³-hybridized carbons (Fsp3) is 0.111. The zero-order valence-electron chi connectivity index (χ0n) is 15.1. The molecule has 1 heterocycles. The number of ether oxygens (including phenoxy) is 1. The normalized spacial score (nSPS) is 12.5. The van der Waals surface area contributed by atoms with E-state index < -0.39 is 38.4 Å². The summed E-state index contributed by atoms with van der Waals surface area (Å²) in [7, 11) is -4.80. The number of benzene rings is 2. The Hall–Kier alpha value is -3.35. The average Bonchev–Trinajstić information content (AvgIpc) is 2.67. The smallest absolute Gasteiger partial charge is 0.416 e. The first kappa shape index (κ1) is 22.3. The molecule has 0 radical (unpaired) electrons. The monoisotopic (exact) mass is 463 g/mol. The molecule has 0 bridgehead atoms. The molecule has 0 aliphatic rings. The molecule has 0 fully saturated rings. The maximum atomic E-state index is 13.0. The highest BCUT2D eigenvalue weighted by atomic mass is 32.2. The van der Waals surface area contributed by atoms with E-state index in [1.807, 2.05) is 4.72 Å². The Morgan fingerprint density at radius 1 is 0.871 bits per heavy atom. The van der Waals surface area contributed by atoms with Gasteiger partial charge in [-0.1, -0.05) is 6.07 Å². The van der Waals surface area contributed by atoms with Crippen LogP contribution < -0.4 is 9.46 Å². The summed E-state index contributed by atoms with van der Waals surface area (Å²) in [4.78, 5) is 6.43. The van der Waals surface area contributed by atoms with Crippen LogP contribution >= 0.6 is 0 Å². The molecule has 6 nitrogen and oxygen atoms in total. The van der Waals surface area contributed by atoms with Gasteiger partial charge in [-0.2, -0.15) is 26.3 Å². The molecular formula is C18H11F6N3O3S. The Kier molecular flexibility index (Phi) is 5.81. The van der Waals surface area contributed by atoms with E-state index in [1.54, 1.807) is 0 Å². The predicted octanol–water partition coefficient (Wildman–Crippen LogP) is 5.11. The molecule has 3 aromatic rings. The molecule has 0 saturated carbocycles. The van der Waals surface area contributed by atoms with Gasteiger partial charge in [0, 0.05) is 18.5 Å². The van der Waals surface area contributed by atoms with Crippen molar-refractivity contribution in [3.05, 3.63) is 72.2 Å². The summed E-state index contributed by atoms with van der Waals surface area (Å²) in [5, 5.41) is 0. The van der Waals surface area contributed by atoms with Gasteiger partial charge in [-0.3, -0.25) is 9.71 Å². The van der Waals surface area contributed by atoms with Crippen LogP contribution in [-0.4, -0.2) is 18.4 Å². The summed E-state index contributed by atoms with van der Waals surface area (Å²) in [6, 6.07) is 5.28. The molecule has 0 saturated heterocycles. The molecule has 164 valence electrons. The van der Waals surface area contributed by atoms with Crippen molar-refractivity contribution in [2.75, 3.05) is 4.72 Å². The van der Waals surface area contributed by atoms with Crippen LogP contribution in [0, 0.1) is 0 Å². The summed E-state index contributed by atoms with van der Waals surface area (Å²) in [5.41, 5.74) is -3.66. The van der Waals surface area contributed by atoms with Gasteiger partial charge in [0.2, 0.25) is 5.88 Å². The van der Waals surface area contributed by atoms with Crippen LogP contribution in [0.1, 0.15) is 11.1 Å². The van der Waals surface area contributed by atoms with E-state index in [4.69, 9.17) is 4.74 Å². The van der Waals surface area contributed by atoms with Gasteiger partial charge in [0.05, 0.1) is 27.9 Å². The second kappa shape index (κ2) is 8.06. The largest absolute Gasteiger partial charge is 0.437 e. The van der Waals surface area contributed by atoms with E-state index in [9.17, 15) is 34.8 Å². The lowest BCUT2D eigenvalue weighted by atomic mass is 10.1. The lowest BCUT2D eigenvalue weighted by Crippen LogP contribution is -2.17. The topological polar surface area (TPSA) is 81.2 Å². The SMILES string of the molecule is O=S(=O)(Nc1cccc(Oc2cnccn2)c1)c1cc(C(F)(F)F)cc(C(F)(F)F)c1. The number of nitrogens with one attached hydrogen (secondary N) is 1. The highest BCUT2D eigenvalue weighted by Crippen LogP contribution is 2.37. The van der Waals surface area contributed by atoms with Gasteiger partial charge in [0.1, 0.15) is 5.75 Å². The van der Waals surface area contributed by atoms with Crippen molar-refractivity contribution in [3.8, 4) is 11.6 Å². The zero-order chi connectivity index (χ0) is 22.9. The van der Waals surface area contributed by atoms with Crippen LogP contribution in [0.2, 0.25) is 0 Å². The highest BCUT2D eigenvalue weighted by molar-refractivity contribution is 7.92. The van der Waals surface area contributed by atoms with Crippen molar-refractivity contribution < 1.29 is 39.5 Å². The van der Waals surface area contributed by atoms with Gasteiger partial charge in [-0.15, -0.1) is 0 Å². The first-order valence-electron chi connectivity index (χ1n) is 8.21. The Bertz CT molecular complexity index is 1150. The molecule has 3 rings (SSSR count). The molecule has 0 unspecified atom stereocenters. The van der Waals surface area contributed by atoms with Crippen LogP contribution in [0.4, 0.5) is 32.0 Å². The first-order valence-corrected chi connectivity index (χ1v) is 9.69. The molecule has 2 aromatic carbocycles. The second-order valence-electron chi connectivity index (χ2n) is 6.02. The Balaban J connectivity index is 1.95. The summed E-state index contributed by atoms with van der Waals surface area (Å²) in [5.74, 6) is 0.177. The maximum absolute atomic E-state index is 13.0. The third-order valence-corrected chi connectivity index (χ3v) is 5.08. The van der Waals surface area contributed by atoms with Gasteiger partial charge in [0.15, 0.2) is 0 Å². The molecule has 31 heavy (non-hydrogen) atoms. The fourth-order valence-corrected chi connectivity index (χ4v) is 3.50. The Labute approximate surface area is 171 Å². The number of hydrogen-bond acceptors (Lipinski definition) is 5.